The van der Waals surface area contributed by atoms with Gasteiger partial charge in [-0.2, -0.15) is 0 Å². The van der Waals surface area contributed by atoms with Crippen molar-refractivity contribution in [3.63, 3.8) is 0 Å². The third-order valence-corrected chi connectivity index (χ3v) is 6.25. The van der Waals surface area contributed by atoms with Crippen LogP contribution in [0.2, 0.25) is 0 Å². The molecule has 0 radical (unpaired) electrons. The highest BCUT2D eigenvalue weighted by Gasteiger charge is 2.25. The van der Waals surface area contributed by atoms with Crippen LogP contribution in [0.5, 0.6) is 0 Å². The number of rotatable bonds is 6. The highest BCUT2D eigenvalue weighted by Crippen LogP contribution is 2.26. The number of pyridine rings is 1. The molecule has 0 unspecified atom stereocenters. The number of nitrogens with zero attached hydrogens (tertiary/aromatic N) is 5. The average molecular weight is 422 g/mol. The van der Waals surface area contributed by atoms with Crippen LogP contribution in [0, 0.1) is 0 Å². The van der Waals surface area contributed by atoms with Gasteiger partial charge in [-0.1, -0.05) is 23.1 Å². The summed E-state index contributed by atoms with van der Waals surface area (Å²) in [5, 5.41) is 7.62. The van der Waals surface area contributed by atoms with Crippen LogP contribution in [-0.2, 0) is 9.53 Å². The molecular formula is C18H23N5O3S2. The molecule has 1 saturated heterocycles. The normalized spacial score (nSPS) is 15.8. The van der Waals surface area contributed by atoms with Gasteiger partial charge >= 0.3 is 5.97 Å². The number of carbonyl (C=O) groups is 2. The van der Waals surface area contributed by atoms with E-state index in [2.05, 4.69) is 20.1 Å². The first-order chi connectivity index (χ1) is 13.6. The molecule has 2 aromatic rings. The molecule has 1 aliphatic rings. The maximum absolute atomic E-state index is 12.8. The quantitative estimate of drug-likeness (QED) is 0.519. The molecule has 3 rings (SSSR count). The van der Waals surface area contributed by atoms with E-state index in [-0.39, 0.29) is 17.1 Å². The molecule has 2 aromatic heterocycles. The van der Waals surface area contributed by atoms with Gasteiger partial charge < -0.3 is 14.5 Å². The number of anilines is 1. The van der Waals surface area contributed by atoms with Gasteiger partial charge in [0.25, 0.3) is 0 Å². The Labute approximate surface area is 172 Å². The summed E-state index contributed by atoms with van der Waals surface area (Å²) in [5.74, 6) is 0.558. The fraction of sp³-hybridized carbons (Fsp3) is 0.500. The van der Waals surface area contributed by atoms with Crippen LogP contribution >= 0.6 is 23.1 Å². The maximum Gasteiger partial charge on any atom is 0.339 e. The molecule has 0 aromatic carbocycles. The largest absolute Gasteiger partial charge is 0.462 e. The number of hydrogen-bond acceptors (Lipinski definition) is 9. The van der Waals surface area contributed by atoms with Gasteiger partial charge in [-0.3, -0.25) is 4.79 Å². The molecule has 1 fully saturated rings. The number of esters is 1. The Balaban J connectivity index is 1.57. The summed E-state index contributed by atoms with van der Waals surface area (Å²) in [6.45, 7) is 6.90. The van der Waals surface area contributed by atoms with Crippen LogP contribution in [0.25, 0.3) is 0 Å². The van der Waals surface area contributed by atoms with Crippen molar-refractivity contribution in [1.82, 2.24) is 20.1 Å². The van der Waals surface area contributed by atoms with E-state index in [4.69, 9.17) is 4.74 Å². The first-order valence-electron chi connectivity index (χ1n) is 9.18. The fourth-order valence-electron chi connectivity index (χ4n) is 2.95. The predicted octanol–water partition coefficient (Wildman–Crippen LogP) is 2.33. The molecule has 10 heteroatoms. The van der Waals surface area contributed by atoms with Crippen molar-refractivity contribution in [1.29, 1.82) is 0 Å². The number of ether oxygens (including phenoxy) is 1. The summed E-state index contributed by atoms with van der Waals surface area (Å²) in [6.07, 6.45) is 2.41. The van der Waals surface area contributed by atoms with Gasteiger partial charge in [0.05, 0.1) is 17.4 Å². The highest BCUT2D eigenvalue weighted by molar-refractivity contribution is 8.02. The number of thioether (sulfide) groups is 1. The lowest BCUT2D eigenvalue weighted by Gasteiger charge is -2.24. The van der Waals surface area contributed by atoms with Crippen LogP contribution in [0.15, 0.2) is 28.2 Å². The number of amides is 1. The van der Waals surface area contributed by atoms with Crippen molar-refractivity contribution < 1.29 is 14.3 Å². The Morgan fingerprint density at radius 2 is 2.14 bits per heavy atom. The van der Waals surface area contributed by atoms with Crippen LogP contribution in [0.1, 0.15) is 30.6 Å². The van der Waals surface area contributed by atoms with Gasteiger partial charge in [0, 0.05) is 32.4 Å². The van der Waals surface area contributed by atoms with Crippen LogP contribution in [0.4, 0.5) is 5.82 Å². The zero-order valence-corrected chi connectivity index (χ0v) is 17.5. The standard InChI is InChI=1S/C18H23N5O3S2/c1-3-26-17(25)14-5-6-15(19-11-14)22-7-4-8-23(10-9-22)16(24)13(2)28-18-21-20-12-27-18/h5-6,11-13H,3-4,7-10H2,1-2H3/t13-/m1/s1. The molecule has 0 N–H and O–H groups in total. The first kappa shape index (κ1) is 20.5. The van der Waals surface area contributed by atoms with E-state index in [1.165, 1.54) is 23.1 Å². The van der Waals surface area contributed by atoms with Crippen LogP contribution < -0.4 is 4.90 Å². The fourth-order valence-corrected chi connectivity index (χ4v) is 4.66. The minimum absolute atomic E-state index is 0.118. The van der Waals surface area contributed by atoms with Crippen LogP contribution in [-0.4, -0.2) is 70.0 Å². The smallest absolute Gasteiger partial charge is 0.339 e. The molecule has 0 spiro atoms. The van der Waals surface area contributed by atoms with Gasteiger partial charge in [0.2, 0.25) is 5.91 Å². The topological polar surface area (TPSA) is 88.5 Å². The minimum Gasteiger partial charge on any atom is -0.462 e. The Bertz CT molecular complexity index is 785. The van der Waals surface area contributed by atoms with Crippen molar-refractivity contribution >= 4 is 40.8 Å². The van der Waals surface area contributed by atoms with Crippen molar-refractivity contribution in [2.45, 2.75) is 29.9 Å². The van der Waals surface area contributed by atoms with Crippen LogP contribution in [0.3, 0.4) is 0 Å². The van der Waals surface area contributed by atoms with E-state index in [1.54, 1.807) is 24.7 Å². The second-order valence-electron chi connectivity index (χ2n) is 6.26. The number of carbonyl (C=O) groups excluding carboxylic acids is 2. The molecule has 28 heavy (non-hydrogen) atoms. The summed E-state index contributed by atoms with van der Waals surface area (Å²) in [7, 11) is 0. The molecule has 0 aliphatic carbocycles. The molecule has 150 valence electrons. The Morgan fingerprint density at radius 1 is 1.29 bits per heavy atom. The van der Waals surface area contributed by atoms with Crippen molar-refractivity contribution in [2.75, 3.05) is 37.7 Å². The summed E-state index contributed by atoms with van der Waals surface area (Å²) >= 11 is 2.89. The third-order valence-electron chi connectivity index (χ3n) is 4.36. The van der Waals surface area contributed by atoms with E-state index < -0.39 is 0 Å². The summed E-state index contributed by atoms with van der Waals surface area (Å²) in [4.78, 5) is 33.0. The molecule has 8 nitrogen and oxygen atoms in total. The molecule has 1 aliphatic heterocycles. The lowest BCUT2D eigenvalue weighted by atomic mass is 10.2. The lowest BCUT2D eigenvalue weighted by molar-refractivity contribution is -0.130. The van der Waals surface area contributed by atoms with Gasteiger partial charge in [-0.05, 0) is 32.4 Å². The molecular weight excluding hydrogens is 398 g/mol. The van der Waals surface area contributed by atoms with Gasteiger partial charge in [-0.15, -0.1) is 10.2 Å². The van der Waals surface area contributed by atoms with Gasteiger partial charge in [0.1, 0.15) is 11.3 Å². The monoisotopic (exact) mass is 421 g/mol. The van der Waals surface area contributed by atoms with Gasteiger partial charge in [-0.25, -0.2) is 9.78 Å². The van der Waals surface area contributed by atoms with Crippen molar-refractivity contribution in [3.8, 4) is 0 Å². The zero-order chi connectivity index (χ0) is 19.9. The summed E-state index contributed by atoms with van der Waals surface area (Å²) < 4.78 is 5.80. The lowest BCUT2D eigenvalue weighted by Crippen LogP contribution is -2.39. The predicted molar refractivity (Wildman–Crippen MR) is 109 cm³/mol. The highest BCUT2D eigenvalue weighted by atomic mass is 32.2. The Kier molecular flexibility index (Phi) is 7.21. The summed E-state index contributed by atoms with van der Waals surface area (Å²) in [5.41, 5.74) is 2.11. The minimum atomic E-state index is -0.365. The second-order valence-corrected chi connectivity index (χ2v) is 8.68. The molecule has 1 amide bonds. The number of aromatic nitrogens is 3. The summed E-state index contributed by atoms with van der Waals surface area (Å²) in [6, 6.07) is 3.56. The van der Waals surface area contributed by atoms with E-state index in [0.717, 1.165) is 29.7 Å². The molecule has 0 saturated carbocycles. The maximum atomic E-state index is 12.8. The van der Waals surface area contributed by atoms with E-state index in [9.17, 15) is 9.59 Å². The Morgan fingerprint density at radius 3 is 2.82 bits per heavy atom. The number of hydrogen-bond donors (Lipinski definition) is 0. The first-order valence-corrected chi connectivity index (χ1v) is 10.9. The van der Waals surface area contributed by atoms with Crippen molar-refractivity contribution in [3.05, 3.63) is 29.4 Å². The second kappa shape index (κ2) is 9.83. The molecule has 0 bridgehead atoms. The molecule has 1 atom stereocenters. The van der Waals surface area contributed by atoms with E-state index in [0.29, 0.717) is 25.3 Å². The third kappa shape index (κ3) is 5.20. The average Bonchev–Trinajstić information content (AvgIpc) is 3.09. The van der Waals surface area contributed by atoms with Gasteiger partial charge in [0.15, 0.2) is 4.34 Å². The zero-order valence-electron chi connectivity index (χ0n) is 15.9. The molecule has 3 heterocycles. The Hall–Kier alpha value is -2.20. The SMILES string of the molecule is CCOC(=O)c1ccc(N2CCCN(C(=O)[C@@H](C)Sc3nncs3)CC2)nc1. The van der Waals surface area contributed by atoms with Crippen molar-refractivity contribution in [2.24, 2.45) is 0 Å². The van der Waals surface area contributed by atoms with E-state index in [1.807, 2.05) is 17.9 Å². The van der Waals surface area contributed by atoms with E-state index >= 15 is 0 Å².